The van der Waals surface area contributed by atoms with E-state index in [4.69, 9.17) is 0 Å². The Morgan fingerprint density at radius 3 is 3.18 bits per heavy atom. The maximum absolute atomic E-state index is 11.5. The zero-order chi connectivity index (χ0) is 11.9. The summed E-state index contributed by atoms with van der Waals surface area (Å²) >= 11 is 0. The Morgan fingerprint density at radius 2 is 2.35 bits per heavy atom. The van der Waals surface area contributed by atoms with Crippen LogP contribution in [0.4, 0.5) is 0 Å². The average Bonchev–Trinajstić information content (AvgIpc) is 2.36. The fourth-order valence-corrected chi connectivity index (χ4v) is 2.27. The Morgan fingerprint density at radius 1 is 1.47 bits per heavy atom. The van der Waals surface area contributed by atoms with Crippen LogP contribution in [0.1, 0.15) is 6.42 Å². The van der Waals surface area contributed by atoms with E-state index in [9.17, 15) is 9.90 Å². The molecule has 2 aliphatic rings. The minimum Gasteiger partial charge on any atom is -0.480 e. The van der Waals surface area contributed by atoms with Gasteiger partial charge in [-0.1, -0.05) is 18.2 Å². The number of hydrogen-bond donors (Lipinski definition) is 1. The van der Waals surface area contributed by atoms with Gasteiger partial charge in [-0.25, -0.2) is 0 Å². The van der Waals surface area contributed by atoms with Gasteiger partial charge in [-0.2, -0.15) is 10.2 Å². The normalized spacial score (nSPS) is 24.8. The molecule has 0 spiro atoms. The number of allylic oxidation sites excluding steroid dienone is 3. The Balaban J connectivity index is 2.36. The summed E-state index contributed by atoms with van der Waals surface area (Å²) < 4.78 is 0. The molecular formula is C13H10N2O2. The highest BCUT2D eigenvalue weighted by atomic mass is 16.4. The van der Waals surface area contributed by atoms with Crippen LogP contribution in [0, 0.1) is 5.41 Å². The van der Waals surface area contributed by atoms with Gasteiger partial charge in [-0.05, 0) is 30.2 Å². The lowest BCUT2D eigenvalue weighted by atomic mass is 9.72. The number of carboxylic acid groups (broad SMARTS) is 1. The van der Waals surface area contributed by atoms with Crippen molar-refractivity contribution in [3.8, 4) is 0 Å². The predicted octanol–water partition coefficient (Wildman–Crippen LogP) is 0.00850. The fourth-order valence-electron chi connectivity index (χ4n) is 2.27. The Labute approximate surface area is 97.3 Å². The van der Waals surface area contributed by atoms with Crippen LogP contribution in [-0.2, 0) is 4.79 Å². The first-order valence-corrected chi connectivity index (χ1v) is 5.35. The molecule has 3 rings (SSSR count). The van der Waals surface area contributed by atoms with Gasteiger partial charge in [0.2, 0.25) is 0 Å². The van der Waals surface area contributed by atoms with E-state index in [-0.39, 0.29) is 0 Å². The van der Waals surface area contributed by atoms with Gasteiger partial charge in [-0.3, -0.25) is 4.79 Å². The van der Waals surface area contributed by atoms with Crippen LogP contribution in [-0.4, -0.2) is 21.3 Å². The van der Waals surface area contributed by atoms with Gasteiger partial charge in [0.15, 0.2) is 0 Å². The number of carbonyl (C=O) groups is 1. The van der Waals surface area contributed by atoms with Crippen molar-refractivity contribution in [2.75, 3.05) is 0 Å². The molecule has 1 heterocycles. The second-order valence-electron chi connectivity index (χ2n) is 4.19. The highest BCUT2D eigenvalue weighted by Gasteiger charge is 2.40. The quantitative estimate of drug-likeness (QED) is 0.732. The lowest BCUT2D eigenvalue weighted by molar-refractivity contribution is -0.143. The first-order chi connectivity index (χ1) is 8.22. The molecule has 0 saturated heterocycles. The molecule has 4 nitrogen and oxygen atoms in total. The molecule has 4 heteroatoms. The second-order valence-corrected chi connectivity index (χ2v) is 4.19. The summed E-state index contributed by atoms with van der Waals surface area (Å²) in [5.41, 5.74) is -0.175. The third-order valence-corrected chi connectivity index (χ3v) is 3.22. The van der Waals surface area contributed by atoms with Crippen molar-refractivity contribution >= 4 is 18.1 Å². The number of carboxylic acids is 1. The number of aliphatic carboxylic acids is 1. The molecule has 0 aliphatic heterocycles. The zero-order valence-corrected chi connectivity index (χ0v) is 9.00. The number of rotatable bonds is 1. The number of aromatic nitrogens is 2. The van der Waals surface area contributed by atoms with Crippen LogP contribution in [0.3, 0.4) is 0 Å². The largest absolute Gasteiger partial charge is 0.480 e. The summed E-state index contributed by atoms with van der Waals surface area (Å²) in [6, 6.07) is 1.84. The lowest BCUT2D eigenvalue weighted by Crippen LogP contribution is -2.42. The van der Waals surface area contributed by atoms with Crippen molar-refractivity contribution in [2.24, 2.45) is 5.41 Å². The molecular weight excluding hydrogens is 216 g/mol. The van der Waals surface area contributed by atoms with Crippen LogP contribution in [0.5, 0.6) is 0 Å². The Kier molecular flexibility index (Phi) is 1.98. The van der Waals surface area contributed by atoms with Gasteiger partial charge < -0.3 is 5.11 Å². The van der Waals surface area contributed by atoms with Crippen LogP contribution >= 0.6 is 0 Å². The minimum atomic E-state index is -0.974. The van der Waals surface area contributed by atoms with Crippen molar-refractivity contribution in [3.63, 3.8) is 0 Å². The van der Waals surface area contributed by atoms with Crippen LogP contribution in [0.25, 0.3) is 12.2 Å². The third-order valence-electron chi connectivity index (χ3n) is 3.22. The molecule has 1 aromatic rings. The van der Waals surface area contributed by atoms with Gasteiger partial charge >= 0.3 is 5.97 Å². The van der Waals surface area contributed by atoms with Crippen molar-refractivity contribution < 1.29 is 9.90 Å². The number of nitrogens with zero attached hydrogens (tertiary/aromatic N) is 2. The summed E-state index contributed by atoms with van der Waals surface area (Å²) in [5, 5.41) is 18.8. The van der Waals surface area contributed by atoms with Crippen LogP contribution in [0.15, 0.2) is 36.1 Å². The van der Waals surface area contributed by atoms with E-state index in [1.807, 2.05) is 30.4 Å². The third kappa shape index (κ3) is 1.34. The van der Waals surface area contributed by atoms with Crippen LogP contribution < -0.4 is 10.6 Å². The lowest BCUT2D eigenvalue weighted by Gasteiger charge is -2.29. The average molecular weight is 226 g/mol. The van der Waals surface area contributed by atoms with E-state index >= 15 is 0 Å². The van der Waals surface area contributed by atoms with Gasteiger partial charge in [0.05, 0.1) is 11.5 Å². The van der Waals surface area contributed by atoms with Gasteiger partial charge in [0.1, 0.15) is 5.41 Å². The summed E-state index contributed by atoms with van der Waals surface area (Å²) in [5.74, 6) is -0.847. The molecule has 1 N–H and O–H groups in total. The Hall–Kier alpha value is -2.23. The van der Waals surface area contributed by atoms with E-state index in [0.717, 1.165) is 10.8 Å². The monoisotopic (exact) mass is 226 g/mol. The van der Waals surface area contributed by atoms with Crippen molar-refractivity contribution in [3.05, 3.63) is 46.6 Å². The minimum absolute atomic E-state index is 0.459. The van der Waals surface area contributed by atoms with E-state index in [2.05, 4.69) is 10.2 Å². The Bertz CT molecular complexity index is 673. The maximum Gasteiger partial charge on any atom is 0.318 e. The molecule has 0 bridgehead atoms. The molecule has 0 radical (unpaired) electrons. The molecule has 84 valence electrons. The molecule has 2 aliphatic carbocycles. The van der Waals surface area contributed by atoms with E-state index < -0.39 is 11.4 Å². The molecule has 1 atom stereocenters. The molecule has 1 aromatic heterocycles. The van der Waals surface area contributed by atoms with E-state index in [1.54, 1.807) is 12.3 Å². The first-order valence-electron chi connectivity index (χ1n) is 5.35. The van der Waals surface area contributed by atoms with Crippen molar-refractivity contribution in [1.82, 2.24) is 10.2 Å². The second kappa shape index (κ2) is 3.38. The summed E-state index contributed by atoms with van der Waals surface area (Å²) in [6.45, 7) is 0. The van der Waals surface area contributed by atoms with Gasteiger partial charge in [0.25, 0.3) is 0 Å². The van der Waals surface area contributed by atoms with Crippen molar-refractivity contribution in [1.29, 1.82) is 0 Å². The summed E-state index contributed by atoms with van der Waals surface area (Å²) in [7, 11) is 0. The molecule has 0 saturated carbocycles. The molecule has 1 unspecified atom stereocenters. The van der Waals surface area contributed by atoms with Gasteiger partial charge in [0, 0.05) is 5.22 Å². The smallest absolute Gasteiger partial charge is 0.318 e. The fraction of sp³-hybridized carbons (Fsp3) is 0.154. The standard InChI is InChI=1S/C13H10N2O2/c16-12(17)13-5-2-1-3-10(13)7-9-4-6-14-15-11(9)8-13/h1-4,6-8H,5H2,(H,16,17). The highest BCUT2D eigenvalue weighted by Crippen LogP contribution is 2.38. The molecule has 0 aromatic carbocycles. The number of fused-ring (bicyclic) bond motifs is 2. The number of hydrogen-bond acceptors (Lipinski definition) is 3. The van der Waals surface area contributed by atoms with Gasteiger partial charge in [-0.15, -0.1) is 0 Å². The molecule has 0 fully saturated rings. The predicted molar refractivity (Wildman–Crippen MR) is 62.1 cm³/mol. The summed E-state index contributed by atoms with van der Waals surface area (Å²) in [6.07, 6.45) is 11.2. The maximum atomic E-state index is 11.5. The van der Waals surface area contributed by atoms with Crippen LogP contribution in [0.2, 0.25) is 0 Å². The van der Waals surface area contributed by atoms with E-state index in [0.29, 0.717) is 11.8 Å². The zero-order valence-electron chi connectivity index (χ0n) is 9.00. The SMILES string of the molecule is O=C(O)C12C=c3nnccc3=CC1=CC=CC2. The first kappa shape index (κ1) is 9.96. The highest BCUT2D eigenvalue weighted by molar-refractivity contribution is 5.91. The topological polar surface area (TPSA) is 63.1 Å². The summed E-state index contributed by atoms with van der Waals surface area (Å²) in [4.78, 5) is 11.5. The molecule has 0 amide bonds. The van der Waals surface area contributed by atoms with E-state index in [1.165, 1.54) is 0 Å². The molecule has 17 heavy (non-hydrogen) atoms. The van der Waals surface area contributed by atoms with Crippen molar-refractivity contribution in [2.45, 2.75) is 6.42 Å².